The van der Waals surface area contributed by atoms with Gasteiger partial charge in [-0.05, 0) is 40.2 Å². The fraction of sp³-hybridized carbons (Fsp3) is 0.643. The third-order valence-electron chi connectivity index (χ3n) is 2.59. The summed E-state index contributed by atoms with van der Waals surface area (Å²) >= 11 is 0. The molecule has 0 amide bonds. The second-order valence-corrected chi connectivity index (χ2v) is 5.56. The van der Waals surface area contributed by atoms with E-state index in [1.807, 2.05) is 13.8 Å². The quantitative estimate of drug-likeness (QED) is 0.875. The van der Waals surface area contributed by atoms with Crippen molar-refractivity contribution >= 4 is 0 Å². The second-order valence-electron chi connectivity index (χ2n) is 5.56. The summed E-state index contributed by atoms with van der Waals surface area (Å²) in [6.07, 6.45) is 2.17. The largest absolute Gasteiger partial charge is 0.474 e. The molecule has 1 aromatic heterocycles. The van der Waals surface area contributed by atoms with Gasteiger partial charge in [0.05, 0.1) is 12.3 Å². The number of pyridine rings is 1. The van der Waals surface area contributed by atoms with Gasteiger partial charge in [0.1, 0.15) is 5.82 Å². The molecule has 3 nitrogen and oxygen atoms in total. The molecule has 0 saturated carbocycles. The molecular weight excluding hydrogens is 231 g/mol. The van der Waals surface area contributed by atoms with Gasteiger partial charge in [-0.2, -0.15) is 0 Å². The molecule has 1 aromatic rings. The van der Waals surface area contributed by atoms with Crippen LogP contribution >= 0.6 is 0 Å². The Hall–Kier alpha value is -1.16. The Morgan fingerprint density at radius 1 is 1.44 bits per heavy atom. The molecule has 4 heteroatoms. The van der Waals surface area contributed by atoms with Crippen LogP contribution in [0.5, 0.6) is 5.88 Å². The first-order valence-electron chi connectivity index (χ1n) is 6.38. The van der Waals surface area contributed by atoms with Crippen LogP contribution in [-0.4, -0.2) is 16.6 Å². The van der Waals surface area contributed by atoms with Crippen LogP contribution < -0.4 is 10.1 Å². The molecule has 0 aliphatic rings. The molecule has 0 aromatic carbocycles. The molecule has 0 aliphatic carbocycles. The van der Waals surface area contributed by atoms with Gasteiger partial charge in [0, 0.05) is 17.6 Å². The Kier molecular flexibility index (Phi) is 5.08. The van der Waals surface area contributed by atoms with E-state index in [1.165, 1.54) is 12.3 Å². The molecule has 1 heterocycles. The van der Waals surface area contributed by atoms with Gasteiger partial charge in [-0.15, -0.1) is 0 Å². The fourth-order valence-electron chi connectivity index (χ4n) is 1.34. The molecule has 0 saturated heterocycles. The van der Waals surface area contributed by atoms with E-state index in [0.29, 0.717) is 12.4 Å². The van der Waals surface area contributed by atoms with Crippen molar-refractivity contribution in [3.63, 3.8) is 0 Å². The van der Waals surface area contributed by atoms with Crippen LogP contribution in [0.15, 0.2) is 12.3 Å². The Balaban J connectivity index is 2.83. The molecule has 102 valence electrons. The number of rotatable bonds is 5. The molecule has 0 fully saturated rings. The molecule has 0 radical (unpaired) electrons. The van der Waals surface area contributed by atoms with Crippen molar-refractivity contribution in [3.8, 4) is 5.88 Å². The lowest BCUT2D eigenvalue weighted by molar-refractivity contribution is 0.205. The Labute approximate surface area is 109 Å². The van der Waals surface area contributed by atoms with Crippen LogP contribution in [0.25, 0.3) is 0 Å². The standard InChI is InChI=1S/C14H23FN2O/c1-6-10(2)18-13-11(7-12(15)9-16-13)8-17-14(3,4)5/h7,9-10,17H,6,8H2,1-5H3. The van der Waals surface area contributed by atoms with Crippen molar-refractivity contribution in [3.05, 3.63) is 23.6 Å². The van der Waals surface area contributed by atoms with E-state index in [-0.39, 0.29) is 17.5 Å². The van der Waals surface area contributed by atoms with Crippen LogP contribution in [0.4, 0.5) is 4.39 Å². The fourth-order valence-corrected chi connectivity index (χ4v) is 1.34. The molecular formula is C14H23FN2O. The normalized spacial score (nSPS) is 13.4. The SMILES string of the molecule is CCC(C)Oc1ncc(F)cc1CNC(C)(C)C. The second kappa shape index (κ2) is 6.14. The highest BCUT2D eigenvalue weighted by Gasteiger charge is 2.14. The Morgan fingerprint density at radius 2 is 2.11 bits per heavy atom. The molecule has 0 aliphatic heterocycles. The minimum absolute atomic E-state index is 0.0278. The van der Waals surface area contributed by atoms with Gasteiger partial charge in [-0.3, -0.25) is 0 Å². The van der Waals surface area contributed by atoms with Crippen LogP contribution in [0.2, 0.25) is 0 Å². The zero-order chi connectivity index (χ0) is 13.8. The molecule has 1 unspecified atom stereocenters. The number of nitrogens with one attached hydrogen (secondary N) is 1. The maximum absolute atomic E-state index is 13.2. The highest BCUT2D eigenvalue weighted by molar-refractivity contribution is 5.26. The van der Waals surface area contributed by atoms with Crippen LogP contribution in [-0.2, 0) is 6.54 Å². The number of nitrogens with zero attached hydrogens (tertiary/aromatic N) is 1. The Morgan fingerprint density at radius 3 is 2.67 bits per heavy atom. The third kappa shape index (κ3) is 5.00. The third-order valence-corrected chi connectivity index (χ3v) is 2.59. The minimum atomic E-state index is -0.336. The summed E-state index contributed by atoms with van der Waals surface area (Å²) in [7, 11) is 0. The van der Waals surface area contributed by atoms with E-state index in [4.69, 9.17) is 4.74 Å². The van der Waals surface area contributed by atoms with Gasteiger partial charge < -0.3 is 10.1 Å². The molecule has 18 heavy (non-hydrogen) atoms. The average molecular weight is 254 g/mol. The first-order chi connectivity index (χ1) is 8.31. The number of aromatic nitrogens is 1. The summed E-state index contributed by atoms with van der Waals surface area (Å²) in [6.45, 7) is 10.8. The summed E-state index contributed by atoms with van der Waals surface area (Å²) in [4.78, 5) is 4.03. The molecule has 1 N–H and O–H groups in total. The van der Waals surface area contributed by atoms with Gasteiger partial charge in [0.15, 0.2) is 0 Å². The highest BCUT2D eigenvalue weighted by Crippen LogP contribution is 2.19. The lowest BCUT2D eigenvalue weighted by Crippen LogP contribution is -2.35. The van der Waals surface area contributed by atoms with Gasteiger partial charge in [0.2, 0.25) is 5.88 Å². The lowest BCUT2D eigenvalue weighted by Gasteiger charge is -2.22. The van der Waals surface area contributed by atoms with Crippen LogP contribution in [0.3, 0.4) is 0 Å². The zero-order valence-corrected chi connectivity index (χ0v) is 11.9. The van der Waals surface area contributed by atoms with E-state index in [1.54, 1.807) is 0 Å². The van der Waals surface area contributed by atoms with Crippen molar-refractivity contribution in [2.75, 3.05) is 0 Å². The van der Waals surface area contributed by atoms with Crippen LogP contribution in [0, 0.1) is 5.82 Å². The monoisotopic (exact) mass is 254 g/mol. The molecule has 1 atom stereocenters. The lowest BCUT2D eigenvalue weighted by atomic mass is 10.1. The van der Waals surface area contributed by atoms with E-state index in [9.17, 15) is 4.39 Å². The van der Waals surface area contributed by atoms with Crippen molar-refractivity contribution in [2.45, 2.75) is 59.2 Å². The smallest absolute Gasteiger partial charge is 0.218 e. The van der Waals surface area contributed by atoms with Crippen molar-refractivity contribution in [1.82, 2.24) is 10.3 Å². The summed E-state index contributed by atoms with van der Waals surface area (Å²) < 4.78 is 18.9. The maximum atomic E-state index is 13.2. The topological polar surface area (TPSA) is 34.1 Å². The number of hydrogen-bond donors (Lipinski definition) is 1. The first-order valence-corrected chi connectivity index (χ1v) is 6.38. The predicted octanol–water partition coefficient (Wildman–Crippen LogP) is 3.29. The van der Waals surface area contributed by atoms with Gasteiger partial charge in [-0.1, -0.05) is 6.92 Å². The van der Waals surface area contributed by atoms with E-state index < -0.39 is 0 Å². The van der Waals surface area contributed by atoms with Gasteiger partial charge in [0.25, 0.3) is 0 Å². The zero-order valence-electron chi connectivity index (χ0n) is 11.9. The van der Waals surface area contributed by atoms with Crippen LogP contribution in [0.1, 0.15) is 46.6 Å². The highest BCUT2D eigenvalue weighted by atomic mass is 19.1. The van der Waals surface area contributed by atoms with E-state index >= 15 is 0 Å². The average Bonchev–Trinajstić information content (AvgIpc) is 2.28. The Bertz CT molecular complexity index is 388. The summed E-state index contributed by atoms with van der Waals surface area (Å²) in [5, 5.41) is 3.31. The maximum Gasteiger partial charge on any atom is 0.218 e. The summed E-state index contributed by atoms with van der Waals surface area (Å²) in [5.74, 6) is 0.180. The number of halogens is 1. The van der Waals surface area contributed by atoms with Crippen molar-refractivity contribution < 1.29 is 9.13 Å². The summed E-state index contributed by atoms with van der Waals surface area (Å²) in [5.41, 5.74) is 0.727. The van der Waals surface area contributed by atoms with E-state index in [0.717, 1.165) is 12.0 Å². The van der Waals surface area contributed by atoms with Crippen molar-refractivity contribution in [1.29, 1.82) is 0 Å². The van der Waals surface area contributed by atoms with Gasteiger partial charge in [-0.25, -0.2) is 9.37 Å². The number of hydrogen-bond acceptors (Lipinski definition) is 3. The summed E-state index contributed by atoms with van der Waals surface area (Å²) in [6, 6.07) is 1.48. The van der Waals surface area contributed by atoms with Gasteiger partial charge >= 0.3 is 0 Å². The number of ether oxygens (including phenoxy) is 1. The minimum Gasteiger partial charge on any atom is -0.474 e. The molecule has 0 spiro atoms. The molecule has 1 rings (SSSR count). The van der Waals surface area contributed by atoms with Crippen molar-refractivity contribution in [2.24, 2.45) is 0 Å². The van der Waals surface area contributed by atoms with E-state index in [2.05, 4.69) is 31.1 Å². The predicted molar refractivity (Wildman–Crippen MR) is 71.2 cm³/mol. The first kappa shape index (κ1) is 14.9. The molecule has 0 bridgehead atoms.